The van der Waals surface area contributed by atoms with E-state index in [4.69, 9.17) is 0 Å². The molecule has 1 N–H and O–H groups in total. The molecule has 0 bridgehead atoms. The first kappa shape index (κ1) is 20.3. The number of amides is 1. The summed E-state index contributed by atoms with van der Waals surface area (Å²) in [6, 6.07) is 18.4. The van der Waals surface area contributed by atoms with Gasteiger partial charge in [0.15, 0.2) is 0 Å². The SMILES string of the molecule is Cc1ccc(NC(=O)CCN2CCCN(C/C=C/c3ccccc3)CC2)cc1. The highest BCUT2D eigenvalue weighted by atomic mass is 16.1. The highest BCUT2D eigenvalue weighted by Crippen LogP contribution is 2.10. The van der Waals surface area contributed by atoms with E-state index in [-0.39, 0.29) is 5.91 Å². The Kier molecular flexibility index (Phi) is 7.82. The number of hydrogen-bond acceptors (Lipinski definition) is 3. The van der Waals surface area contributed by atoms with Crippen molar-refractivity contribution in [3.63, 3.8) is 0 Å². The second kappa shape index (κ2) is 10.8. The van der Waals surface area contributed by atoms with Gasteiger partial charge in [-0.2, -0.15) is 0 Å². The molecule has 0 saturated carbocycles. The zero-order chi connectivity index (χ0) is 19.6. The van der Waals surface area contributed by atoms with Crippen LogP contribution in [-0.4, -0.2) is 55.0 Å². The van der Waals surface area contributed by atoms with Crippen LogP contribution < -0.4 is 5.32 Å². The van der Waals surface area contributed by atoms with Crippen LogP contribution in [0.5, 0.6) is 0 Å². The van der Waals surface area contributed by atoms with Gasteiger partial charge in [0.05, 0.1) is 0 Å². The molecule has 28 heavy (non-hydrogen) atoms. The van der Waals surface area contributed by atoms with E-state index < -0.39 is 0 Å². The fraction of sp³-hybridized carbons (Fsp3) is 0.375. The monoisotopic (exact) mass is 377 g/mol. The number of aryl methyl sites for hydroxylation is 1. The molecule has 0 radical (unpaired) electrons. The lowest BCUT2D eigenvalue weighted by atomic mass is 10.2. The molecular formula is C24H31N3O. The molecule has 4 heteroatoms. The number of carbonyl (C=O) groups excluding carboxylic acids is 1. The molecule has 0 atom stereocenters. The Labute approximate surface area is 168 Å². The summed E-state index contributed by atoms with van der Waals surface area (Å²) >= 11 is 0. The standard InChI is InChI=1S/C24H31N3O/c1-21-10-12-23(13-11-21)25-24(28)14-18-27-17-6-16-26(19-20-27)15-5-9-22-7-3-2-4-8-22/h2-5,7-13H,6,14-20H2,1H3,(H,25,28)/b9-5+. The topological polar surface area (TPSA) is 35.6 Å². The van der Waals surface area contributed by atoms with E-state index in [2.05, 4.69) is 51.5 Å². The Hall–Kier alpha value is -2.43. The van der Waals surface area contributed by atoms with E-state index in [1.54, 1.807) is 0 Å². The molecule has 0 spiro atoms. The average Bonchev–Trinajstić information content (AvgIpc) is 2.94. The first-order valence-electron chi connectivity index (χ1n) is 10.2. The fourth-order valence-electron chi connectivity index (χ4n) is 3.45. The third-order valence-corrected chi connectivity index (χ3v) is 5.15. The predicted molar refractivity (Wildman–Crippen MR) is 117 cm³/mol. The summed E-state index contributed by atoms with van der Waals surface area (Å²) in [6.07, 6.45) is 6.14. The molecule has 1 fully saturated rings. The molecule has 1 aliphatic rings. The van der Waals surface area contributed by atoms with Crippen molar-refractivity contribution in [2.24, 2.45) is 0 Å². The van der Waals surface area contributed by atoms with Gasteiger partial charge in [0.1, 0.15) is 0 Å². The van der Waals surface area contributed by atoms with Gasteiger partial charge in [-0.05, 0) is 44.1 Å². The van der Waals surface area contributed by atoms with Gasteiger partial charge < -0.3 is 10.2 Å². The molecule has 0 unspecified atom stereocenters. The van der Waals surface area contributed by atoms with Crippen molar-refractivity contribution in [1.82, 2.24) is 9.80 Å². The van der Waals surface area contributed by atoms with Crippen LogP contribution in [0.4, 0.5) is 5.69 Å². The molecule has 1 aliphatic heterocycles. The fourth-order valence-corrected chi connectivity index (χ4v) is 3.45. The Morgan fingerprint density at radius 2 is 1.68 bits per heavy atom. The molecule has 148 valence electrons. The minimum atomic E-state index is 0.0933. The average molecular weight is 378 g/mol. The second-order valence-corrected chi connectivity index (χ2v) is 7.47. The van der Waals surface area contributed by atoms with Crippen molar-refractivity contribution < 1.29 is 4.79 Å². The number of benzene rings is 2. The molecule has 2 aromatic rings. The van der Waals surface area contributed by atoms with Gasteiger partial charge in [0.25, 0.3) is 0 Å². The van der Waals surface area contributed by atoms with Crippen molar-refractivity contribution in [1.29, 1.82) is 0 Å². The number of nitrogens with one attached hydrogen (secondary N) is 1. The lowest BCUT2D eigenvalue weighted by Crippen LogP contribution is -2.32. The summed E-state index contributed by atoms with van der Waals surface area (Å²) in [6.45, 7) is 8.12. The van der Waals surface area contributed by atoms with Gasteiger partial charge in [0, 0.05) is 38.3 Å². The van der Waals surface area contributed by atoms with E-state index in [9.17, 15) is 4.79 Å². The Morgan fingerprint density at radius 1 is 0.964 bits per heavy atom. The quantitative estimate of drug-likeness (QED) is 0.791. The highest BCUT2D eigenvalue weighted by molar-refractivity contribution is 5.90. The number of hydrogen-bond donors (Lipinski definition) is 1. The lowest BCUT2D eigenvalue weighted by molar-refractivity contribution is -0.116. The van der Waals surface area contributed by atoms with Crippen LogP contribution in [-0.2, 0) is 4.79 Å². The van der Waals surface area contributed by atoms with E-state index in [1.807, 2.05) is 37.3 Å². The first-order chi connectivity index (χ1) is 13.7. The molecule has 3 rings (SSSR count). The van der Waals surface area contributed by atoms with Gasteiger partial charge in [-0.3, -0.25) is 9.69 Å². The van der Waals surface area contributed by atoms with Gasteiger partial charge in [-0.15, -0.1) is 0 Å². The van der Waals surface area contributed by atoms with Crippen molar-refractivity contribution in [2.75, 3.05) is 44.6 Å². The third-order valence-electron chi connectivity index (χ3n) is 5.15. The maximum absolute atomic E-state index is 12.2. The molecule has 1 saturated heterocycles. The number of rotatable bonds is 7. The minimum Gasteiger partial charge on any atom is -0.326 e. The Morgan fingerprint density at radius 3 is 2.46 bits per heavy atom. The Bertz CT molecular complexity index is 755. The van der Waals surface area contributed by atoms with Crippen LogP contribution >= 0.6 is 0 Å². The largest absolute Gasteiger partial charge is 0.326 e. The van der Waals surface area contributed by atoms with Crippen molar-refractivity contribution >= 4 is 17.7 Å². The summed E-state index contributed by atoms with van der Waals surface area (Å²) in [5.74, 6) is 0.0933. The maximum atomic E-state index is 12.2. The summed E-state index contributed by atoms with van der Waals surface area (Å²) in [5, 5.41) is 2.99. The van der Waals surface area contributed by atoms with Gasteiger partial charge in [-0.1, -0.05) is 60.2 Å². The van der Waals surface area contributed by atoms with Crippen LogP contribution in [0.15, 0.2) is 60.7 Å². The zero-order valence-corrected chi connectivity index (χ0v) is 16.8. The summed E-state index contributed by atoms with van der Waals surface area (Å²) < 4.78 is 0. The van der Waals surface area contributed by atoms with E-state index >= 15 is 0 Å². The predicted octanol–water partition coefficient (Wildman–Crippen LogP) is 4.04. The molecule has 1 heterocycles. The van der Waals surface area contributed by atoms with Crippen LogP contribution in [0.2, 0.25) is 0 Å². The highest BCUT2D eigenvalue weighted by Gasteiger charge is 2.14. The summed E-state index contributed by atoms with van der Waals surface area (Å²) in [5.41, 5.74) is 3.33. The van der Waals surface area contributed by atoms with Crippen molar-refractivity contribution in [3.8, 4) is 0 Å². The van der Waals surface area contributed by atoms with E-state index in [0.29, 0.717) is 6.42 Å². The first-order valence-corrected chi connectivity index (χ1v) is 10.2. The van der Waals surface area contributed by atoms with E-state index in [0.717, 1.165) is 51.4 Å². The normalized spacial score (nSPS) is 16.2. The summed E-state index contributed by atoms with van der Waals surface area (Å²) in [4.78, 5) is 17.1. The van der Waals surface area contributed by atoms with Crippen LogP contribution in [0.1, 0.15) is 24.0 Å². The molecule has 2 aromatic carbocycles. The number of nitrogens with zero attached hydrogens (tertiary/aromatic N) is 2. The number of anilines is 1. The maximum Gasteiger partial charge on any atom is 0.225 e. The van der Waals surface area contributed by atoms with Gasteiger partial charge in [-0.25, -0.2) is 0 Å². The van der Waals surface area contributed by atoms with Crippen molar-refractivity contribution in [2.45, 2.75) is 19.8 Å². The number of carbonyl (C=O) groups is 1. The van der Waals surface area contributed by atoms with Gasteiger partial charge in [0.2, 0.25) is 5.91 Å². The van der Waals surface area contributed by atoms with Crippen molar-refractivity contribution in [3.05, 3.63) is 71.8 Å². The third kappa shape index (κ3) is 6.95. The van der Waals surface area contributed by atoms with Crippen LogP contribution in [0.25, 0.3) is 6.08 Å². The van der Waals surface area contributed by atoms with Crippen LogP contribution in [0, 0.1) is 6.92 Å². The molecule has 1 amide bonds. The smallest absolute Gasteiger partial charge is 0.225 e. The zero-order valence-electron chi connectivity index (χ0n) is 16.8. The molecule has 0 aromatic heterocycles. The minimum absolute atomic E-state index is 0.0933. The molecule has 0 aliphatic carbocycles. The van der Waals surface area contributed by atoms with Gasteiger partial charge >= 0.3 is 0 Å². The molecule has 4 nitrogen and oxygen atoms in total. The van der Waals surface area contributed by atoms with E-state index in [1.165, 1.54) is 11.1 Å². The lowest BCUT2D eigenvalue weighted by Gasteiger charge is -2.20. The molecular weight excluding hydrogens is 346 g/mol. The Balaban J connectivity index is 1.37. The second-order valence-electron chi connectivity index (χ2n) is 7.47. The van der Waals surface area contributed by atoms with Crippen LogP contribution in [0.3, 0.4) is 0 Å². The summed E-state index contributed by atoms with van der Waals surface area (Å²) in [7, 11) is 0.